The SMILES string of the molecule is COc1ccc(OC)c(C2CNC(=O)N2CCO)c1. The van der Waals surface area contributed by atoms with Crippen LogP contribution < -0.4 is 14.8 Å². The first-order chi connectivity index (χ1) is 9.21. The molecule has 6 heteroatoms. The Morgan fingerprint density at radius 1 is 1.42 bits per heavy atom. The van der Waals surface area contributed by atoms with E-state index in [1.807, 2.05) is 18.2 Å². The number of carbonyl (C=O) groups is 1. The van der Waals surface area contributed by atoms with E-state index < -0.39 is 0 Å². The average molecular weight is 266 g/mol. The molecule has 1 aliphatic heterocycles. The molecule has 1 aliphatic rings. The summed E-state index contributed by atoms with van der Waals surface area (Å²) in [6.07, 6.45) is 0. The molecule has 0 spiro atoms. The number of ether oxygens (including phenoxy) is 2. The quantitative estimate of drug-likeness (QED) is 0.825. The first-order valence-electron chi connectivity index (χ1n) is 6.08. The summed E-state index contributed by atoms with van der Waals surface area (Å²) in [5, 5.41) is 11.8. The molecule has 104 valence electrons. The number of aliphatic hydroxyl groups excluding tert-OH is 1. The lowest BCUT2D eigenvalue weighted by Gasteiger charge is -2.24. The second-order valence-corrected chi connectivity index (χ2v) is 4.23. The lowest BCUT2D eigenvalue weighted by atomic mass is 10.0. The van der Waals surface area contributed by atoms with Crippen molar-refractivity contribution in [2.24, 2.45) is 0 Å². The van der Waals surface area contributed by atoms with Crippen LogP contribution in [-0.4, -0.2) is 50.0 Å². The second-order valence-electron chi connectivity index (χ2n) is 4.23. The molecule has 19 heavy (non-hydrogen) atoms. The molecule has 0 bridgehead atoms. The molecular formula is C13H18N2O4. The molecule has 0 saturated carbocycles. The summed E-state index contributed by atoms with van der Waals surface area (Å²) >= 11 is 0. The zero-order valence-corrected chi connectivity index (χ0v) is 11.0. The summed E-state index contributed by atoms with van der Waals surface area (Å²) in [6.45, 7) is 0.704. The van der Waals surface area contributed by atoms with Crippen molar-refractivity contribution < 1.29 is 19.4 Å². The van der Waals surface area contributed by atoms with Gasteiger partial charge in [-0.3, -0.25) is 0 Å². The Morgan fingerprint density at radius 2 is 2.21 bits per heavy atom. The number of methoxy groups -OCH3 is 2. The van der Waals surface area contributed by atoms with E-state index in [1.165, 1.54) is 0 Å². The van der Waals surface area contributed by atoms with Gasteiger partial charge in [-0.15, -0.1) is 0 Å². The molecule has 0 aliphatic carbocycles. The summed E-state index contributed by atoms with van der Waals surface area (Å²) in [6, 6.07) is 5.14. The van der Waals surface area contributed by atoms with Crippen molar-refractivity contribution >= 4 is 6.03 Å². The van der Waals surface area contributed by atoms with Crippen LogP contribution in [0.25, 0.3) is 0 Å². The fourth-order valence-corrected chi connectivity index (χ4v) is 2.28. The van der Waals surface area contributed by atoms with Gasteiger partial charge in [-0.25, -0.2) is 4.79 Å². The van der Waals surface area contributed by atoms with Gasteiger partial charge in [-0.05, 0) is 18.2 Å². The average Bonchev–Trinajstić information content (AvgIpc) is 2.80. The summed E-state index contributed by atoms with van der Waals surface area (Å²) in [4.78, 5) is 13.3. The van der Waals surface area contributed by atoms with Gasteiger partial charge in [-0.2, -0.15) is 0 Å². The van der Waals surface area contributed by atoms with Gasteiger partial charge in [0.05, 0.1) is 26.9 Å². The zero-order valence-electron chi connectivity index (χ0n) is 11.0. The summed E-state index contributed by atoms with van der Waals surface area (Å²) in [5.74, 6) is 1.41. The molecular weight excluding hydrogens is 248 g/mol. The highest BCUT2D eigenvalue weighted by Gasteiger charge is 2.33. The third-order valence-electron chi connectivity index (χ3n) is 3.22. The maximum atomic E-state index is 11.7. The van der Waals surface area contributed by atoms with Gasteiger partial charge in [0, 0.05) is 18.7 Å². The van der Waals surface area contributed by atoms with Crippen LogP contribution in [0.1, 0.15) is 11.6 Å². The molecule has 1 heterocycles. The third-order valence-corrected chi connectivity index (χ3v) is 3.22. The van der Waals surface area contributed by atoms with E-state index in [9.17, 15) is 4.79 Å². The number of urea groups is 1. The Labute approximate surface area is 111 Å². The highest BCUT2D eigenvalue weighted by atomic mass is 16.5. The van der Waals surface area contributed by atoms with Crippen molar-refractivity contribution in [3.63, 3.8) is 0 Å². The van der Waals surface area contributed by atoms with Crippen LogP contribution in [0.15, 0.2) is 18.2 Å². The lowest BCUT2D eigenvalue weighted by molar-refractivity contribution is 0.178. The molecule has 1 aromatic carbocycles. The second kappa shape index (κ2) is 5.79. The van der Waals surface area contributed by atoms with Crippen molar-refractivity contribution in [1.29, 1.82) is 0 Å². The number of hydrogen-bond donors (Lipinski definition) is 2. The van der Waals surface area contributed by atoms with Crippen molar-refractivity contribution in [2.75, 3.05) is 33.9 Å². The van der Waals surface area contributed by atoms with E-state index in [0.717, 1.165) is 5.56 Å². The highest BCUT2D eigenvalue weighted by Crippen LogP contribution is 2.34. The summed E-state index contributed by atoms with van der Waals surface area (Å²) < 4.78 is 10.5. The monoisotopic (exact) mass is 266 g/mol. The number of rotatable bonds is 5. The number of benzene rings is 1. The lowest BCUT2D eigenvalue weighted by Crippen LogP contribution is -2.32. The predicted octanol–water partition coefficient (Wildman–Crippen LogP) is 0.762. The molecule has 1 unspecified atom stereocenters. The van der Waals surface area contributed by atoms with Crippen molar-refractivity contribution in [2.45, 2.75) is 6.04 Å². The zero-order chi connectivity index (χ0) is 13.8. The molecule has 1 aromatic rings. The van der Waals surface area contributed by atoms with Crippen LogP contribution >= 0.6 is 0 Å². The molecule has 2 N–H and O–H groups in total. The van der Waals surface area contributed by atoms with Crippen LogP contribution in [-0.2, 0) is 0 Å². The number of nitrogens with zero attached hydrogens (tertiary/aromatic N) is 1. The van der Waals surface area contributed by atoms with Crippen molar-refractivity contribution in [1.82, 2.24) is 10.2 Å². The van der Waals surface area contributed by atoms with Crippen LogP contribution in [0.5, 0.6) is 11.5 Å². The van der Waals surface area contributed by atoms with Crippen LogP contribution in [0.3, 0.4) is 0 Å². The van der Waals surface area contributed by atoms with Gasteiger partial charge in [0.2, 0.25) is 0 Å². The summed E-state index contributed by atoms with van der Waals surface area (Å²) in [5.41, 5.74) is 0.869. The topological polar surface area (TPSA) is 71.0 Å². The van der Waals surface area contributed by atoms with Crippen LogP contribution in [0.2, 0.25) is 0 Å². The molecule has 0 aromatic heterocycles. The van der Waals surface area contributed by atoms with E-state index in [1.54, 1.807) is 19.1 Å². The van der Waals surface area contributed by atoms with Gasteiger partial charge in [0.1, 0.15) is 11.5 Å². The molecule has 2 amide bonds. The first kappa shape index (κ1) is 13.5. The minimum atomic E-state index is -0.177. The van der Waals surface area contributed by atoms with Crippen LogP contribution in [0.4, 0.5) is 4.79 Å². The Bertz CT molecular complexity index is 464. The van der Waals surface area contributed by atoms with E-state index in [0.29, 0.717) is 18.0 Å². The summed E-state index contributed by atoms with van der Waals surface area (Å²) in [7, 11) is 3.18. The van der Waals surface area contributed by atoms with Gasteiger partial charge >= 0.3 is 6.03 Å². The smallest absolute Gasteiger partial charge is 0.318 e. The van der Waals surface area contributed by atoms with Crippen molar-refractivity contribution in [3.05, 3.63) is 23.8 Å². The van der Waals surface area contributed by atoms with E-state index >= 15 is 0 Å². The predicted molar refractivity (Wildman–Crippen MR) is 69.5 cm³/mol. The fraction of sp³-hybridized carbons (Fsp3) is 0.462. The Morgan fingerprint density at radius 3 is 2.84 bits per heavy atom. The standard InChI is InChI=1S/C13H18N2O4/c1-18-9-3-4-12(19-2)10(7-9)11-8-14-13(17)15(11)5-6-16/h3-4,7,11,16H,5-6,8H2,1-2H3,(H,14,17). The van der Waals surface area contributed by atoms with Gasteiger partial charge < -0.3 is 24.8 Å². The van der Waals surface area contributed by atoms with Crippen molar-refractivity contribution in [3.8, 4) is 11.5 Å². The number of amides is 2. The number of β-amino-alcohol motifs (C(OH)–C–C–N with tert-alkyl or cyclic N) is 1. The molecule has 6 nitrogen and oxygen atoms in total. The van der Waals surface area contributed by atoms with Gasteiger partial charge in [0.25, 0.3) is 0 Å². The Kier molecular flexibility index (Phi) is 4.11. The van der Waals surface area contributed by atoms with Gasteiger partial charge in [-0.1, -0.05) is 0 Å². The van der Waals surface area contributed by atoms with E-state index in [-0.39, 0.29) is 25.2 Å². The van der Waals surface area contributed by atoms with Crippen LogP contribution in [0, 0.1) is 0 Å². The number of aliphatic hydroxyl groups is 1. The van der Waals surface area contributed by atoms with E-state index in [2.05, 4.69) is 5.32 Å². The first-order valence-corrected chi connectivity index (χ1v) is 6.08. The maximum Gasteiger partial charge on any atom is 0.318 e. The minimum Gasteiger partial charge on any atom is -0.497 e. The molecule has 1 atom stereocenters. The maximum absolute atomic E-state index is 11.7. The van der Waals surface area contributed by atoms with E-state index in [4.69, 9.17) is 14.6 Å². The normalized spacial score (nSPS) is 18.4. The number of nitrogens with one attached hydrogen (secondary N) is 1. The number of hydrogen-bond acceptors (Lipinski definition) is 4. The Balaban J connectivity index is 2.36. The highest BCUT2D eigenvalue weighted by molar-refractivity contribution is 5.77. The largest absolute Gasteiger partial charge is 0.497 e. The molecule has 0 radical (unpaired) electrons. The molecule has 1 saturated heterocycles. The molecule has 2 rings (SSSR count). The Hall–Kier alpha value is -1.95. The van der Waals surface area contributed by atoms with Gasteiger partial charge in [0.15, 0.2) is 0 Å². The third kappa shape index (κ3) is 2.58. The minimum absolute atomic E-state index is 0.0732. The fourth-order valence-electron chi connectivity index (χ4n) is 2.28. The molecule has 1 fully saturated rings. The number of carbonyl (C=O) groups excluding carboxylic acids is 1.